The molecule has 3 N–H and O–H groups in total. The van der Waals surface area contributed by atoms with Gasteiger partial charge in [-0.25, -0.2) is 0 Å². The van der Waals surface area contributed by atoms with Gasteiger partial charge in [0.1, 0.15) is 0 Å². The topological polar surface area (TPSA) is 38.0 Å². The number of rotatable bonds is 0. The molecule has 0 unspecified atom stereocenters. The van der Waals surface area contributed by atoms with Crippen molar-refractivity contribution < 1.29 is 0 Å². The Bertz CT molecular complexity index is 148. The minimum atomic E-state index is 0. The van der Waals surface area contributed by atoms with Crippen molar-refractivity contribution in [2.75, 3.05) is 13.1 Å². The lowest BCUT2D eigenvalue weighted by Gasteiger charge is -2.42. The van der Waals surface area contributed by atoms with Crippen molar-refractivity contribution >= 4 is 24.8 Å². The molecule has 2 rings (SSSR count). The van der Waals surface area contributed by atoms with Gasteiger partial charge in [0.25, 0.3) is 0 Å². The Morgan fingerprint density at radius 1 is 0.929 bits per heavy atom. The van der Waals surface area contributed by atoms with E-state index in [1.165, 1.54) is 51.6 Å². The van der Waals surface area contributed by atoms with Crippen LogP contribution in [0.15, 0.2) is 0 Å². The van der Waals surface area contributed by atoms with Crippen molar-refractivity contribution in [2.45, 2.75) is 44.6 Å². The van der Waals surface area contributed by atoms with Crippen molar-refractivity contribution in [2.24, 2.45) is 11.1 Å². The van der Waals surface area contributed by atoms with Crippen LogP contribution in [0.3, 0.4) is 0 Å². The standard InChI is InChI=1S/C10H20N2.2ClH/c11-9-1-3-10(4-2-9)5-7-12-8-6-10;;/h9,12H,1-8,11H2;2*1H. The summed E-state index contributed by atoms with van der Waals surface area (Å²) in [4.78, 5) is 0. The molecule has 0 bridgehead atoms. The lowest BCUT2D eigenvalue weighted by atomic mass is 9.67. The highest BCUT2D eigenvalue weighted by Crippen LogP contribution is 2.42. The number of hydrogen-bond donors (Lipinski definition) is 2. The number of nitrogens with one attached hydrogen (secondary N) is 1. The Labute approximate surface area is 99.2 Å². The zero-order chi connectivity index (χ0) is 8.44. The van der Waals surface area contributed by atoms with Gasteiger partial charge in [-0.3, -0.25) is 0 Å². The first-order valence-electron chi connectivity index (χ1n) is 5.27. The quantitative estimate of drug-likeness (QED) is 0.681. The van der Waals surface area contributed by atoms with E-state index in [0.717, 1.165) is 0 Å². The first kappa shape index (κ1) is 14.5. The minimum Gasteiger partial charge on any atom is -0.328 e. The van der Waals surface area contributed by atoms with Crippen molar-refractivity contribution in [1.29, 1.82) is 0 Å². The average Bonchev–Trinajstić information content (AvgIpc) is 2.13. The molecule has 2 aliphatic rings. The minimum absolute atomic E-state index is 0. The molecular weight excluding hydrogens is 219 g/mol. The second-order valence-corrected chi connectivity index (χ2v) is 4.59. The highest BCUT2D eigenvalue weighted by molar-refractivity contribution is 5.85. The molecule has 1 saturated carbocycles. The molecule has 1 aliphatic carbocycles. The van der Waals surface area contributed by atoms with E-state index in [9.17, 15) is 0 Å². The summed E-state index contributed by atoms with van der Waals surface area (Å²) in [6.45, 7) is 2.46. The predicted molar refractivity (Wildman–Crippen MR) is 65.5 cm³/mol. The highest BCUT2D eigenvalue weighted by Gasteiger charge is 2.34. The first-order chi connectivity index (χ1) is 5.81. The molecule has 0 amide bonds. The number of piperidine rings is 1. The summed E-state index contributed by atoms with van der Waals surface area (Å²) in [5.74, 6) is 0. The third kappa shape index (κ3) is 3.27. The van der Waals surface area contributed by atoms with Crippen LogP contribution in [0.5, 0.6) is 0 Å². The molecule has 86 valence electrons. The smallest absolute Gasteiger partial charge is 0.00392 e. The summed E-state index contributed by atoms with van der Waals surface area (Å²) in [7, 11) is 0. The molecule has 1 aliphatic heterocycles. The molecule has 0 aromatic rings. The van der Waals surface area contributed by atoms with Crippen LogP contribution in [-0.2, 0) is 0 Å². The van der Waals surface area contributed by atoms with Gasteiger partial charge in [0, 0.05) is 6.04 Å². The third-order valence-electron chi connectivity index (χ3n) is 3.76. The number of hydrogen-bond acceptors (Lipinski definition) is 2. The van der Waals surface area contributed by atoms with E-state index < -0.39 is 0 Å². The van der Waals surface area contributed by atoms with Crippen LogP contribution in [0.4, 0.5) is 0 Å². The molecule has 0 aromatic carbocycles. The maximum Gasteiger partial charge on any atom is 0.00392 e. The van der Waals surface area contributed by atoms with Crippen molar-refractivity contribution in [3.8, 4) is 0 Å². The predicted octanol–water partition coefficient (Wildman–Crippen LogP) is 2.10. The summed E-state index contributed by atoms with van der Waals surface area (Å²) >= 11 is 0. The third-order valence-corrected chi connectivity index (χ3v) is 3.76. The highest BCUT2D eigenvalue weighted by atomic mass is 35.5. The maximum absolute atomic E-state index is 5.91. The second kappa shape index (κ2) is 6.16. The van der Waals surface area contributed by atoms with Gasteiger partial charge in [-0.1, -0.05) is 0 Å². The Balaban J connectivity index is 0.000000845. The summed E-state index contributed by atoms with van der Waals surface area (Å²) < 4.78 is 0. The van der Waals surface area contributed by atoms with Gasteiger partial charge in [-0.05, 0) is 57.0 Å². The largest absolute Gasteiger partial charge is 0.328 e. The van der Waals surface area contributed by atoms with Crippen molar-refractivity contribution in [1.82, 2.24) is 5.32 Å². The fourth-order valence-electron chi connectivity index (χ4n) is 2.71. The van der Waals surface area contributed by atoms with Crippen LogP contribution >= 0.6 is 24.8 Å². The van der Waals surface area contributed by atoms with Crippen molar-refractivity contribution in [3.63, 3.8) is 0 Å². The van der Waals surface area contributed by atoms with E-state index in [0.29, 0.717) is 11.5 Å². The van der Waals surface area contributed by atoms with E-state index in [2.05, 4.69) is 5.32 Å². The molecule has 1 heterocycles. The Hall–Kier alpha value is 0.500. The monoisotopic (exact) mass is 240 g/mol. The number of nitrogens with two attached hydrogens (primary N) is 1. The van der Waals surface area contributed by atoms with Crippen LogP contribution in [0.1, 0.15) is 38.5 Å². The number of halogens is 2. The molecule has 0 radical (unpaired) electrons. The lowest BCUT2D eigenvalue weighted by molar-refractivity contribution is 0.124. The van der Waals surface area contributed by atoms with Gasteiger partial charge in [0.05, 0.1) is 0 Å². The van der Waals surface area contributed by atoms with Crippen LogP contribution in [0, 0.1) is 5.41 Å². The molecule has 2 fully saturated rings. The van der Waals surface area contributed by atoms with E-state index >= 15 is 0 Å². The van der Waals surface area contributed by atoms with E-state index in [-0.39, 0.29) is 24.8 Å². The molecule has 1 spiro atoms. The SMILES string of the molecule is Cl.Cl.NC1CCC2(CCNCC2)CC1. The Morgan fingerprint density at radius 2 is 1.43 bits per heavy atom. The van der Waals surface area contributed by atoms with Crippen LogP contribution in [0.25, 0.3) is 0 Å². The van der Waals surface area contributed by atoms with E-state index in [4.69, 9.17) is 5.73 Å². The van der Waals surface area contributed by atoms with Crippen LogP contribution < -0.4 is 11.1 Å². The zero-order valence-corrected chi connectivity index (χ0v) is 10.3. The molecule has 0 atom stereocenters. The van der Waals surface area contributed by atoms with E-state index in [1.807, 2.05) is 0 Å². The molecule has 14 heavy (non-hydrogen) atoms. The Kier molecular flexibility index (Phi) is 6.38. The summed E-state index contributed by atoms with van der Waals surface area (Å²) in [6.07, 6.45) is 8.07. The van der Waals surface area contributed by atoms with Gasteiger partial charge in [0.2, 0.25) is 0 Å². The normalized spacial score (nSPS) is 26.4. The van der Waals surface area contributed by atoms with Crippen LogP contribution in [-0.4, -0.2) is 19.1 Å². The molecule has 1 saturated heterocycles. The van der Waals surface area contributed by atoms with Gasteiger partial charge >= 0.3 is 0 Å². The van der Waals surface area contributed by atoms with Crippen molar-refractivity contribution in [3.05, 3.63) is 0 Å². The molecule has 0 aromatic heterocycles. The Morgan fingerprint density at radius 3 is 1.93 bits per heavy atom. The lowest BCUT2D eigenvalue weighted by Crippen LogP contribution is -2.41. The van der Waals surface area contributed by atoms with Gasteiger partial charge in [0.15, 0.2) is 0 Å². The first-order valence-corrected chi connectivity index (χ1v) is 5.27. The van der Waals surface area contributed by atoms with Gasteiger partial charge < -0.3 is 11.1 Å². The van der Waals surface area contributed by atoms with Gasteiger partial charge in [-0.15, -0.1) is 24.8 Å². The van der Waals surface area contributed by atoms with E-state index in [1.54, 1.807) is 0 Å². The fraction of sp³-hybridized carbons (Fsp3) is 1.00. The average molecular weight is 241 g/mol. The molecule has 4 heteroatoms. The fourth-order valence-corrected chi connectivity index (χ4v) is 2.71. The summed E-state index contributed by atoms with van der Waals surface area (Å²) in [5.41, 5.74) is 6.60. The molecular formula is C10H22Cl2N2. The second-order valence-electron chi connectivity index (χ2n) is 4.59. The summed E-state index contributed by atoms with van der Waals surface area (Å²) in [5, 5.41) is 3.44. The van der Waals surface area contributed by atoms with Crippen LogP contribution in [0.2, 0.25) is 0 Å². The van der Waals surface area contributed by atoms with Gasteiger partial charge in [-0.2, -0.15) is 0 Å². The zero-order valence-electron chi connectivity index (χ0n) is 8.63. The summed E-state index contributed by atoms with van der Waals surface area (Å²) in [6, 6.07) is 0.505. The molecule has 2 nitrogen and oxygen atoms in total. The maximum atomic E-state index is 5.91.